The largest absolute Gasteiger partial charge is 0.310 e. The number of nitrogens with zero attached hydrogens (tertiary/aromatic N) is 2. The Bertz CT molecular complexity index is 615. The predicted molar refractivity (Wildman–Crippen MR) is 72.4 cm³/mol. The van der Waals surface area contributed by atoms with Crippen molar-refractivity contribution < 1.29 is 4.79 Å². The number of amides is 1. The van der Waals surface area contributed by atoms with Gasteiger partial charge in [-0.05, 0) is 0 Å². The molecule has 3 heteroatoms. The molecule has 0 bridgehead atoms. The summed E-state index contributed by atoms with van der Waals surface area (Å²) < 4.78 is 0. The van der Waals surface area contributed by atoms with Crippen molar-refractivity contribution in [3.63, 3.8) is 0 Å². The van der Waals surface area contributed by atoms with Crippen LogP contribution in [-0.4, -0.2) is 17.4 Å². The molecule has 0 aliphatic carbocycles. The fraction of sp³-hybridized carbons (Fsp3) is 0.200. The lowest BCUT2D eigenvalue weighted by Gasteiger charge is -2.17. The van der Waals surface area contributed by atoms with Crippen molar-refractivity contribution in [1.29, 1.82) is 0 Å². The Morgan fingerprint density at radius 2 is 2.17 bits per heavy atom. The summed E-state index contributed by atoms with van der Waals surface area (Å²) in [5, 5.41) is 2.13. The zero-order valence-electron chi connectivity index (χ0n) is 10.0. The third-order valence-electron chi connectivity index (χ3n) is 3.43. The zero-order valence-corrected chi connectivity index (χ0v) is 10.0. The highest BCUT2D eigenvalue weighted by molar-refractivity contribution is 6.04. The molecular formula is C15H14N2O. The summed E-state index contributed by atoms with van der Waals surface area (Å²) in [6.07, 6.45) is 6.00. The number of rotatable bonds is 2. The molecule has 0 N–H and O–H groups in total. The lowest BCUT2D eigenvalue weighted by Crippen LogP contribution is -2.24. The minimum Gasteiger partial charge on any atom is -0.310 e. The van der Waals surface area contributed by atoms with Gasteiger partial charge >= 0.3 is 0 Å². The average molecular weight is 238 g/mol. The summed E-state index contributed by atoms with van der Waals surface area (Å²) >= 11 is 0. The van der Waals surface area contributed by atoms with Crippen LogP contribution in [0, 0.1) is 5.92 Å². The molecule has 0 saturated carbocycles. The van der Waals surface area contributed by atoms with Crippen LogP contribution in [-0.2, 0) is 4.79 Å². The van der Waals surface area contributed by atoms with Crippen LogP contribution in [0.2, 0.25) is 0 Å². The van der Waals surface area contributed by atoms with Gasteiger partial charge in [0.15, 0.2) is 0 Å². The number of pyridine rings is 1. The van der Waals surface area contributed by atoms with Crippen LogP contribution in [0.5, 0.6) is 0 Å². The molecule has 0 radical (unpaired) electrons. The average Bonchev–Trinajstić information content (AvgIpc) is 2.79. The SMILES string of the molecule is C=CC1CC(=O)N(c2cncc3ccccc23)C1. The number of aromatic nitrogens is 1. The third-order valence-corrected chi connectivity index (χ3v) is 3.43. The minimum atomic E-state index is 0.151. The van der Waals surface area contributed by atoms with Gasteiger partial charge in [-0.2, -0.15) is 0 Å². The Hall–Kier alpha value is -2.16. The number of anilines is 1. The third kappa shape index (κ3) is 1.68. The van der Waals surface area contributed by atoms with E-state index in [0.29, 0.717) is 13.0 Å². The number of benzene rings is 1. The lowest BCUT2D eigenvalue weighted by atomic mass is 10.1. The van der Waals surface area contributed by atoms with Gasteiger partial charge in [-0.1, -0.05) is 30.3 Å². The van der Waals surface area contributed by atoms with E-state index >= 15 is 0 Å². The van der Waals surface area contributed by atoms with Crippen molar-refractivity contribution in [2.24, 2.45) is 5.92 Å². The summed E-state index contributed by atoms with van der Waals surface area (Å²) in [7, 11) is 0. The van der Waals surface area contributed by atoms with E-state index in [-0.39, 0.29) is 11.8 Å². The Labute approximate surface area is 106 Å². The molecule has 1 fully saturated rings. The maximum atomic E-state index is 12.0. The lowest BCUT2D eigenvalue weighted by molar-refractivity contribution is -0.117. The number of hydrogen-bond donors (Lipinski definition) is 0. The smallest absolute Gasteiger partial charge is 0.227 e. The number of fused-ring (bicyclic) bond motifs is 1. The second-order valence-electron chi connectivity index (χ2n) is 4.58. The summed E-state index contributed by atoms with van der Waals surface area (Å²) in [6.45, 7) is 4.48. The first-order chi connectivity index (χ1) is 8.79. The Morgan fingerprint density at radius 3 is 2.94 bits per heavy atom. The molecule has 1 saturated heterocycles. The van der Waals surface area contributed by atoms with Crippen molar-refractivity contribution in [3.8, 4) is 0 Å². The van der Waals surface area contributed by atoms with E-state index in [1.165, 1.54) is 0 Å². The van der Waals surface area contributed by atoms with Gasteiger partial charge in [0.05, 0.1) is 11.9 Å². The first kappa shape index (κ1) is 11.0. The normalized spacial score (nSPS) is 19.4. The van der Waals surface area contributed by atoms with E-state index in [2.05, 4.69) is 11.6 Å². The Kier molecular flexibility index (Phi) is 2.59. The van der Waals surface area contributed by atoms with Gasteiger partial charge in [-0.25, -0.2) is 0 Å². The molecule has 3 rings (SSSR count). The molecule has 2 heterocycles. The zero-order chi connectivity index (χ0) is 12.5. The van der Waals surface area contributed by atoms with Gasteiger partial charge < -0.3 is 4.90 Å². The van der Waals surface area contributed by atoms with Crippen LogP contribution < -0.4 is 4.90 Å². The van der Waals surface area contributed by atoms with Gasteiger partial charge in [-0.15, -0.1) is 6.58 Å². The summed E-state index contributed by atoms with van der Waals surface area (Å²) in [5.74, 6) is 0.398. The van der Waals surface area contributed by atoms with Gasteiger partial charge in [-0.3, -0.25) is 9.78 Å². The first-order valence-corrected chi connectivity index (χ1v) is 6.05. The van der Waals surface area contributed by atoms with Crippen molar-refractivity contribution in [3.05, 3.63) is 49.3 Å². The molecule has 3 nitrogen and oxygen atoms in total. The molecule has 90 valence electrons. The molecular weight excluding hydrogens is 224 g/mol. The van der Waals surface area contributed by atoms with Crippen LogP contribution in [0.4, 0.5) is 5.69 Å². The van der Waals surface area contributed by atoms with Crippen LogP contribution >= 0.6 is 0 Å². The molecule has 1 amide bonds. The number of carbonyl (C=O) groups is 1. The highest BCUT2D eigenvalue weighted by atomic mass is 16.2. The van der Waals surface area contributed by atoms with Crippen LogP contribution in [0.15, 0.2) is 49.3 Å². The second-order valence-corrected chi connectivity index (χ2v) is 4.58. The minimum absolute atomic E-state index is 0.151. The molecule has 1 aliphatic rings. The molecule has 1 atom stereocenters. The van der Waals surface area contributed by atoms with Gasteiger partial charge in [0.1, 0.15) is 0 Å². The fourth-order valence-corrected chi connectivity index (χ4v) is 2.44. The van der Waals surface area contributed by atoms with Crippen LogP contribution in [0.3, 0.4) is 0 Å². The van der Waals surface area contributed by atoms with E-state index in [9.17, 15) is 4.79 Å². The Morgan fingerprint density at radius 1 is 1.33 bits per heavy atom. The van der Waals surface area contributed by atoms with E-state index in [4.69, 9.17) is 0 Å². The molecule has 2 aromatic rings. The summed E-state index contributed by atoms with van der Waals surface area (Å²) in [5.41, 5.74) is 0.905. The van der Waals surface area contributed by atoms with E-state index in [0.717, 1.165) is 16.5 Å². The highest BCUT2D eigenvalue weighted by Crippen LogP contribution is 2.30. The Balaban J connectivity index is 2.10. The topological polar surface area (TPSA) is 33.2 Å². The predicted octanol–water partition coefficient (Wildman–Crippen LogP) is 2.77. The fourth-order valence-electron chi connectivity index (χ4n) is 2.44. The number of hydrogen-bond acceptors (Lipinski definition) is 2. The van der Waals surface area contributed by atoms with Crippen LogP contribution in [0.25, 0.3) is 10.8 Å². The maximum Gasteiger partial charge on any atom is 0.227 e. The van der Waals surface area contributed by atoms with E-state index in [1.807, 2.05) is 41.4 Å². The first-order valence-electron chi connectivity index (χ1n) is 6.05. The van der Waals surface area contributed by atoms with E-state index in [1.54, 1.807) is 6.20 Å². The summed E-state index contributed by atoms with van der Waals surface area (Å²) in [4.78, 5) is 18.1. The monoisotopic (exact) mass is 238 g/mol. The molecule has 18 heavy (non-hydrogen) atoms. The molecule has 1 aromatic heterocycles. The maximum absolute atomic E-state index is 12.0. The van der Waals surface area contributed by atoms with Crippen molar-refractivity contribution >= 4 is 22.4 Å². The van der Waals surface area contributed by atoms with Crippen molar-refractivity contribution in [2.45, 2.75) is 6.42 Å². The van der Waals surface area contributed by atoms with Gasteiger partial charge in [0.25, 0.3) is 0 Å². The van der Waals surface area contributed by atoms with Gasteiger partial charge in [0, 0.05) is 35.9 Å². The van der Waals surface area contributed by atoms with E-state index < -0.39 is 0 Å². The molecule has 1 aliphatic heterocycles. The van der Waals surface area contributed by atoms with Crippen molar-refractivity contribution in [1.82, 2.24) is 4.98 Å². The van der Waals surface area contributed by atoms with Crippen molar-refractivity contribution in [2.75, 3.05) is 11.4 Å². The second kappa shape index (κ2) is 4.26. The molecule has 1 unspecified atom stereocenters. The quantitative estimate of drug-likeness (QED) is 0.754. The molecule has 1 aromatic carbocycles. The van der Waals surface area contributed by atoms with Crippen LogP contribution in [0.1, 0.15) is 6.42 Å². The molecule has 0 spiro atoms. The van der Waals surface area contributed by atoms with Gasteiger partial charge in [0.2, 0.25) is 5.91 Å². The standard InChI is InChI=1S/C15H14N2O/c1-2-11-7-15(18)17(10-11)14-9-16-8-12-5-3-4-6-13(12)14/h2-6,8-9,11H,1,7,10H2. The highest BCUT2D eigenvalue weighted by Gasteiger charge is 2.29. The number of carbonyl (C=O) groups excluding carboxylic acids is 1. The summed E-state index contributed by atoms with van der Waals surface area (Å²) in [6, 6.07) is 8.00.